The fourth-order valence-electron chi connectivity index (χ4n) is 6.00. The van der Waals surface area contributed by atoms with Crippen LogP contribution >= 0.6 is 34.0 Å². The molecule has 4 aromatic rings. The van der Waals surface area contributed by atoms with Gasteiger partial charge in [0.25, 0.3) is 0 Å². The number of hydrogen-bond donors (Lipinski definition) is 1. The third-order valence-corrected chi connectivity index (χ3v) is 11.1. The predicted molar refractivity (Wildman–Crippen MR) is 155 cm³/mol. The van der Waals surface area contributed by atoms with Crippen LogP contribution in [0.4, 0.5) is 0 Å². The molecule has 0 unspecified atom stereocenters. The number of thiophene rings is 2. The van der Waals surface area contributed by atoms with Crippen LogP contribution in [0.1, 0.15) is 52.2 Å². The number of likely N-dealkylation sites (tertiary alicyclic amines) is 1. The summed E-state index contributed by atoms with van der Waals surface area (Å²) in [5, 5.41) is 15.2. The third-order valence-electron chi connectivity index (χ3n) is 8.25. The van der Waals surface area contributed by atoms with E-state index in [1.165, 1.54) is 34.0 Å². The number of aromatic nitrogens is 1. The van der Waals surface area contributed by atoms with Crippen molar-refractivity contribution >= 4 is 56.5 Å². The number of benzene rings is 1. The van der Waals surface area contributed by atoms with Gasteiger partial charge in [-0.25, -0.2) is 4.79 Å². The van der Waals surface area contributed by atoms with Crippen LogP contribution in [0.2, 0.25) is 0 Å². The number of rotatable bonds is 9. The molecule has 2 fully saturated rings. The van der Waals surface area contributed by atoms with E-state index in [0.717, 1.165) is 68.2 Å². The standard InChI is InChI=1S/C29H30N2O5S3/c32-19-20-6-7-22-23(16-20)39-27(34)31(22)11-3-10-30-12-8-28(9-13-30)17-21(18-28)36-26(33)29(35,24-4-1-14-37-24)25-5-2-15-38-25/h1-2,4-7,14-16,19,21,35H,3,8-13,17-18H2. The monoisotopic (exact) mass is 582 g/mol. The number of esters is 1. The van der Waals surface area contributed by atoms with Crippen molar-refractivity contribution in [3.8, 4) is 0 Å². The van der Waals surface area contributed by atoms with Crippen LogP contribution in [-0.2, 0) is 21.7 Å². The molecule has 0 atom stereocenters. The van der Waals surface area contributed by atoms with E-state index in [0.29, 0.717) is 21.9 Å². The average molecular weight is 583 g/mol. The van der Waals surface area contributed by atoms with Crippen LogP contribution in [-0.4, -0.2) is 52.6 Å². The first-order valence-electron chi connectivity index (χ1n) is 13.2. The van der Waals surface area contributed by atoms with Crippen LogP contribution in [0.3, 0.4) is 0 Å². The Bertz CT molecular complexity index is 1470. The molecule has 1 aliphatic heterocycles. The summed E-state index contributed by atoms with van der Waals surface area (Å²) >= 11 is 3.91. The lowest BCUT2D eigenvalue weighted by molar-refractivity contribution is -0.181. The molecule has 3 aromatic heterocycles. The van der Waals surface area contributed by atoms with Gasteiger partial charge >= 0.3 is 10.8 Å². The van der Waals surface area contributed by atoms with Crippen LogP contribution in [0.25, 0.3) is 10.2 Å². The van der Waals surface area contributed by atoms with Crippen LogP contribution in [0.15, 0.2) is 58.0 Å². The minimum atomic E-state index is -1.75. The fourth-order valence-corrected chi connectivity index (χ4v) is 8.68. The van der Waals surface area contributed by atoms with Gasteiger partial charge in [-0.15, -0.1) is 22.7 Å². The molecule has 10 heteroatoms. The summed E-state index contributed by atoms with van der Waals surface area (Å²) in [4.78, 5) is 40.4. The molecule has 1 aromatic carbocycles. The lowest BCUT2D eigenvalue weighted by atomic mass is 9.61. The highest BCUT2D eigenvalue weighted by molar-refractivity contribution is 7.16. The zero-order valence-corrected chi connectivity index (χ0v) is 23.9. The van der Waals surface area contributed by atoms with Gasteiger partial charge in [0.15, 0.2) is 0 Å². The van der Waals surface area contributed by atoms with Gasteiger partial charge in [-0.3, -0.25) is 14.2 Å². The zero-order chi connectivity index (χ0) is 27.0. The average Bonchev–Trinajstić information content (AvgIpc) is 3.70. The van der Waals surface area contributed by atoms with Gasteiger partial charge < -0.3 is 14.7 Å². The Morgan fingerprint density at radius 2 is 1.77 bits per heavy atom. The van der Waals surface area contributed by atoms with Crippen molar-refractivity contribution in [1.29, 1.82) is 0 Å². The SMILES string of the molecule is O=Cc1ccc2c(c1)sc(=O)n2CCCN1CCC2(CC1)CC(OC(=O)C(O)(c1cccs1)c1cccs1)C2. The highest BCUT2D eigenvalue weighted by atomic mass is 32.1. The van der Waals surface area contributed by atoms with E-state index >= 15 is 0 Å². The molecule has 1 N–H and O–H groups in total. The van der Waals surface area contributed by atoms with Crippen molar-refractivity contribution < 1.29 is 19.4 Å². The molecule has 39 heavy (non-hydrogen) atoms. The van der Waals surface area contributed by atoms with Crippen LogP contribution < -0.4 is 4.87 Å². The number of carbonyl (C=O) groups is 2. The van der Waals surface area contributed by atoms with E-state index < -0.39 is 11.6 Å². The van der Waals surface area contributed by atoms with E-state index in [9.17, 15) is 19.5 Å². The number of thiazole rings is 1. The lowest BCUT2D eigenvalue weighted by Gasteiger charge is -2.51. The minimum absolute atomic E-state index is 0.0192. The number of nitrogens with zero attached hydrogens (tertiary/aromatic N) is 2. The van der Waals surface area contributed by atoms with Gasteiger partial charge in [-0.2, -0.15) is 0 Å². The first-order chi connectivity index (χ1) is 18.9. The molecule has 2 aliphatic rings. The molecule has 6 rings (SSSR count). The van der Waals surface area contributed by atoms with Crippen molar-refractivity contribution in [1.82, 2.24) is 9.47 Å². The van der Waals surface area contributed by atoms with E-state index in [-0.39, 0.29) is 16.4 Å². The molecule has 4 heterocycles. The van der Waals surface area contributed by atoms with E-state index in [1.807, 2.05) is 33.5 Å². The molecular formula is C29H30N2O5S3. The number of carbonyl (C=O) groups excluding carboxylic acids is 2. The summed E-state index contributed by atoms with van der Waals surface area (Å²) < 4.78 is 8.55. The molecular weight excluding hydrogens is 553 g/mol. The molecule has 0 radical (unpaired) electrons. The van der Waals surface area contributed by atoms with Crippen LogP contribution in [0, 0.1) is 5.41 Å². The summed E-state index contributed by atoms with van der Waals surface area (Å²) in [6.45, 7) is 3.59. The number of piperidine rings is 1. The molecule has 0 amide bonds. The van der Waals surface area contributed by atoms with Gasteiger partial charge in [-0.1, -0.05) is 23.5 Å². The van der Waals surface area contributed by atoms with Crippen molar-refractivity contribution in [3.63, 3.8) is 0 Å². The first-order valence-corrected chi connectivity index (χ1v) is 15.8. The highest BCUT2D eigenvalue weighted by Gasteiger charge is 2.51. The Morgan fingerprint density at radius 3 is 2.38 bits per heavy atom. The van der Waals surface area contributed by atoms with Gasteiger partial charge in [0, 0.05) is 12.1 Å². The summed E-state index contributed by atoms with van der Waals surface area (Å²) in [7, 11) is 0. The second-order valence-electron chi connectivity index (χ2n) is 10.7. The molecule has 0 bridgehead atoms. The maximum Gasteiger partial charge on any atom is 0.349 e. The molecule has 1 spiro atoms. The highest BCUT2D eigenvalue weighted by Crippen LogP contribution is 2.51. The Labute approximate surface area is 238 Å². The largest absolute Gasteiger partial charge is 0.460 e. The minimum Gasteiger partial charge on any atom is -0.460 e. The van der Waals surface area contributed by atoms with E-state index in [2.05, 4.69) is 4.90 Å². The fraction of sp³-hybridized carbons (Fsp3) is 0.414. The summed E-state index contributed by atoms with van der Waals surface area (Å²) in [6, 6.07) is 12.6. The second-order valence-corrected chi connectivity index (χ2v) is 13.5. The normalized spacial score (nSPS) is 17.9. The predicted octanol–water partition coefficient (Wildman–Crippen LogP) is 5.11. The maximum atomic E-state index is 13.2. The molecule has 1 aliphatic carbocycles. The summed E-state index contributed by atoms with van der Waals surface area (Å²) in [6.07, 6.45) is 5.36. The number of aryl methyl sites for hydroxylation is 1. The Kier molecular flexibility index (Phi) is 7.32. The van der Waals surface area contributed by atoms with E-state index in [4.69, 9.17) is 4.74 Å². The maximum absolute atomic E-state index is 13.2. The molecule has 7 nitrogen and oxygen atoms in total. The van der Waals surface area contributed by atoms with Crippen molar-refractivity contribution in [3.05, 3.63) is 78.2 Å². The number of ether oxygens (including phenoxy) is 1. The van der Waals surface area contributed by atoms with Crippen molar-refractivity contribution in [2.75, 3.05) is 19.6 Å². The van der Waals surface area contributed by atoms with Gasteiger partial charge in [0.2, 0.25) is 5.60 Å². The van der Waals surface area contributed by atoms with Crippen LogP contribution in [0.5, 0.6) is 0 Å². The van der Waals surface area contributed by atoms with E-state index in [1.54, 1.807) is 24.3 Å². The smallest absolute Gasteiger partial charge is 0.349 e. The van der Waals surface area contributed by atoms with Gasteiger partial charge in [0.1, 0.15) is 12.4 Å². The zero-order valence-electron chi connectivity index (χ0n) is 21.4. The Morgan fingerprint density at radius 1 is 1.08 bits per heavy atom. The molecule has 1 saturated heterocycles. The Hall–Kier alpha value is -2.63. The lowest BCUT2D eigenvalue weighted by Crippen LogP contribution is -2.52. The van der Waals surface area contributed by atoms with Gasteiger partial charge in [0.05, 0.1) is 20.0 Å². The summed E-state index contributed by atoms with van der Waals surface area (Å²) in [5.74, 6) is -0.580. The topological polar surface area (TPSA) is 88.8 Å². The number of aldehydes is 1. The van der Waals surface area contributed by atoms with Crippen molar-refractivity contribution in [2.24, 2.45) is 5.41 Å². The number of aliphatic hydroxyl groups is 1. The third kappa shape index (κ3) is 5.04. The second kappa shape index (κ2) is 10.7. The quantitative estimate of drug-likeness (QED) is 0.218. The Balaban J connectivity index is 0.990. The number of hydrogen-bond acceptors (Lipinski definition) is 9. The summed E-state index contributed by atoms with van der Waals surface area (Å²) in [5.41, 5.74) is -0.0523. The van der Waals surface area contributed by atoms with Gasteiger partial charge in [-0.05, 0) is 98.2 Å². The molecule has 1 saturated carbocycles. The van der Waals surface area contributed by atoms with Crippen molar-refractivity contribution in [2.45, 2.75) is 50.4 Å². The first kappa shape index (κ1) is 26.6. The number of fused-ring (bicyclic) bond motifs is 1. The molecule has 204 valence electrons.